The normalized spacial score (nSPS) is 11.1. The van der Waals surface area contributed by atoms with Gasteiger partial charge in [0.1, 0.15) is 13.2 Å². The number of rotatable bonds is 8. The Morgan fingerprint density at radius 1 is 1.19 bits per heavy atom. The van der Waals surface area contributed by atoms with Crippen molar-refractivity contribution in [2.75, 3.05) is 13.2 Å². The molecule has 0 bridgehead atoms. The van der Waals surface area contributed by atoms with Crippen molar-refractivity contribution in [2.45, 2.75) is 38.8 Å². The summed E-state index contributed by atoms with van der Waals surface area (Å²) in [6, 6.07) is 7.41. The van der Waals surface area contributed by atoms with Crippen LogP contribution in [-0.4, -0.2) is 31.4 Å². The molecule has 0 saturated heterocycles. The Kier molecular flexibility index (Phi) is 7.28. The van der Waals surface area contributed by atoms with Crippen molar-refractivity contribution < 1.29 is 23.9 Å². The first kappa shape index (κ1) is 21.1. The maximum absolute atomic E-state index is 12.0. The molecule has 1 amide bonds. The number of hydrogen-bond donors (Lipinski definition) is 1. The number of ether oxygens (including phenoxy) is 2. The molecule has 1 N–H and O–H groups in total. The van der Waals surface area contributed by atoms with Gasteiger partial charge in [0.2, 0.25) is 6.08 Å². The second-order valence-electron chi connectivity index (χ2n) is 6.60. The Bertz CT molecular complexity index is 718. The molecule has 26 heavy (non-hydrogen) atoms. The van der Waals surface area contributed by atoms with Crippen molar-refractivity contribution in [3.63, 3.8) is 0 Å². The van der Waals surface area contributed by atoms with Gasteiger partial charge in [0, 0.05) is 6.08 Å². The van der Waals surface area contributed by atoms with Gasteiger partial charge in [-0.3, -0.25) is 0 Å². The molecule has 0 radical (unpaired) electrons. The Balaban J connectivity index is 2.75. The SMILES string of the molecule is C=CC(=O)OCCOC(=O)NC(C)(C)c1cccc(C(C)(C)N=C=O)c1. The molecule has 0 saturated carbocycles. The molecule has 0 fully saturated rings. The largest absolute Gasteiger partial charge is 0.459 e. The number of esters is 1. The Morgan fingerprint density at radius 2 is 1.81 bits per heavy atom. The quantitative estimate of drug-likeness (QED) is 0.253. The lowest BCUT2D eigenvalue weighted by Crippen LogP contribution is -2.41. The number of nitrogens with one attached hydrogen (secondary N) is 1. The molecular formula is C19H24N2O5. The summed E-state index contributed by atoms with van der Waals surface area (Å²) < 4.78 is 9.73. The van der Waals surface area contributed by atoms with Gasteiger partial charge < -0.3 is 14.8 Å². The average molecular weight is 360 g/mol. The summed E-state index contributed by atoms with van der Waals surface area (Å²) in [5.74, 6) is -0.577. The highest BCUT2D eigenvalue weighted by Crippen LogP contribution is 2.28. The Hall–Kier alpha value is -2.92. The standard InChI is InChI=1S/C19H24N2O5/c1-6-16(23)25-10-11-26-17(24)21-19(4,5)15-9-7-8-14(12-15)18(2,3)20-13-22/h6-9,12H,1,10-11H2,2-5H3,(H,21,24). The maximum Gasteiger partial charge on any atom is 0.407 e. The van der Waals surface area contributed by atoms with Crippen LogP contribution in [0.15, 0.2) is 41.9 Å². The van der Waals surface area contributed by atoms with Gasteiger partial charge in [-0.2, -0.15) is 4.99 Å². The van der Waals surface area contributed by atoms with Crippen molar-refractivity contribution in [2.24, 2.45) is 4.99 Å². The fourth-order valence-corrected chi connectivity index (χ4v) is 2.17. The molecule has 7 nitrogen and oxygen atoms in total. The summed E-state index contributed by atoms with van der Waals surface area (Å²) in [6.07, 6.45) is 1.98. The first-order valence-corrected chi connectivity index (χ1v) is 8.06. The summed E-state index contributed by atoms with van der Waals surface area (Å²) >= 11 is 0. The van der Waals surface area contributed by atoms with Crippen LogP contribution in [0.2, 0.25) is 0 Å². The van der Waals surface area contributed by atoms with Crippen LogP contribution in [-0.2, 0) is 30.1 Å². The van der Waals surface area contributed by atoms with Gasteiger partial charge in [0.15, 0.2) is 0 Å². The van der Waals surface area contributed by atoms with Crippen LogP contribution < -0.4 is 5.32 Å². The molecule has 0 unspecified atom stereocenters. The minimum atomic E-state index is -0.730. The van der Waals surface area contributed by atoms with E-state index in [1.165, 1.54) is 0 Å². The third-order valence-electron chi connectivity index (χ3n) is 3.76. The fourth-order valence-electron chi connectivity index (χ4n) is 2.17. The van der Waals surface area contributed by atoms with E-state index in [0.29, 0.717) is 0 Å². The molecular weight excluding hydrogens is 336 g/mol. The van der Waals surface area contributed by atoms with E-state index in [9.17, 15) is 14.4 Å². The molecule has 0 aliphatic rings. The highest BCUT2D eigenvalue weighted by atomic mass is 16.6. The monoisotopic (exact) mass is 360 g/mol. The number of alkyl carbamates (subject to hydrolysis) is 1. The lowest BCUT2D eigenvalue weighted by Gasteiger charge is -2.28. The smallest absolute Gasteiger partial charge is 0.407 e. The number of isocyanates is 1. The minimum absolute atomic E-state index is 0.0495. The molecule has 0 aliphatic heterocycles. The van der Waals surface area contributed by atoms with Crippen LogP contribution in [0.3, 0.4) is 0 Å². The van der Waals surface area contributed by atoms with Gasteiger partial charge in [-0.25, -0.2) is 14.4 Å². The van der Waals surface area contributed by atoms with Crippen LogP contribution >= 0.6 is 0 Å². The predicted octanol–water partition coefficient (Wildman–Crippen LogP) is 2.95. The van der Waals surface area contributed by atoms with Crippen LogP contribution in [0, 0.1) is 0 Å². The number of aliphatic imine (C=N–C) groups is 1. The minimum Gasteiger partial charge on any atom is -0.459 e. The van der Waals surface area contributed by atoms with Crippen LogP contribution in [0.5, 0.6) is 0 Å². The zero-order chi connectivity index (χ0) is 19.8. The second kappa shape index (κ2) is 8.97. The topological polar surface area (TPSA) is 94.1 Å². The van der Waals surface area contributed by atoms with Crippen LogP contribution in [0.25, 0.3) is 0 Å². The van der Waals surface area contributed by atoms with Crippen LogP contribution in [0.1, 0.15) is 38.8 Å². The van der Waals surface area contributed by atoms with E-state index in [-0.39, 0.29) is 13.2 Å². The summed E-state index contributed by atoms with van der Waals surface area (Å²) in [5, 5.41) is 2.76. The van der Waals surface area contributed by atoms with E-state index in [0.717, 1.165) is 17.2 Å². The van der Waals surface area contributed by atoms with Crippen molar-refractivity contribution in [1.29, 1.82) is 0 Å². The summed E-state index contributed by atoms with van der Waals surface area (Å²) in [7, 11) is 0. The first-order chi connectivity index (χ1) is 12.1. The molecule has 1 rings (SSSR count). The van der Waals surface area contributed by atoms with Gasteiger partial charge >= 0.3 is 12.1 Å². The van der Waals surface area contributed by atoms with E-state index in [1.807, 2.05) is 38.1 Å². The number of amides is 1. The molecule has 0 spiro atoms. The van der Waals surface area contributed by atoms with Crippen molar-refractivity contribution >= 4 is 18.1 Å². The van der Waals surface area contributed by atoms with Crippen molar-refractivity contribution in [3.05, 3.63) is 48.0 Å². The highest BCUT2D eigenvalue weighted by Gasteiger charge is 2.26. The molecule has 1 aromatic rings. The van der Waals surface area contributed by atoms with E-state index in [4.69, 9.17) is 9.47 Å². The first-order valence-electron chi connectivity index (χ1n) is 8.06. The fraction of sp³-hybridized carbons (Fsp3) is 0.421. The molecule has 0 heterocycles. The second-order valence-corrected chi connectivity index (χ2v) is 6.60. The summed E-state index contributed by atoms with van der Waals surface area (Å²) in [4.78, 5) is 37.3. The highest BCUT2D eigenvalue weighted by molar-refractivity contribution is 5.81. The molecule has 0 atom stereocenters. The van der Waals surface area contributed by atoms with Gasteiger partial charge in [0.25, 0.3) is 0 Å². The van der Waals surface area contributed by atoms with Crippen molar-refractivity contribution in [1.82, 2.24) is 5.32 Å². The predicted molar refractivity (Wildman–Crippen MR) is 96.3 cm³/mol. The van der Waals surface area contributed by atoms with E-state index in [1.54, 1.807) is 19.9 Å². The molecule has 0 aromatic heterocycles. The summed E-state index contributed by atoms with van der Waals surface area (Å²) in [6.45, 7) is 10.4. The van der Waals surface area contributed by atoms with Crippen LogP contribution in [0.4, 0.5) is 4.79 Å². The van der Waals surface area contributed by atoms with Gasteiger partial charge in [-0.15, -0.1) is 0 Å². The third kappa shape index (κ3) is 6.18. The molecule has 0 aliphatic carbocycles. The van der Waals surface area contributed by atoms with Crippen molar-refractivity contribution in [3.8, 4) is 0 Å². The van der Waals surface area contributed by atoms with E-state index >= 15 is 0 Å². The number of carbonyl (C=O) groups excluding carboxylic acids is 3. The summed E-state index contributed by atoms with van der Waals surface area (Å²) in [5.41, 5.74) is 0.187. The zero-order valence-electron chi connectivity index (χ0n) is 15.5. The van der Waals surface area contributed by atoms with Gasteiger partial charge in [0.05, 0.1) is 11.1 Å². The van der Waals surface area contributed by atoms with Gasteiger partial charge in [-0.1, -0.05) is 30.8 Å². The lowest BCUT2D eigenvalue weighted by molar-refractivity contribution is -0.138. The number of benzene rings is 1. The number of carbonyl (C=O) groups is 2. The average Bonchev–Trinajstić information content (AvgIpc) is 2.58. The van der Waals surface area contributed by atoms with E-state index < -0.39 is 23.1 Å². The number of nitrogens with zero attached hydrogens (tertiary/aromatic N) is 1. The molecule has 7 heteroatoms. The lowest BCUT2D eigenvalue weighted by atomic mass is 9.88. The van der Waals surface area contributed by atoms with E-state index in [2.05, 4.69) is 16.9 Å². The maximum atomic E-state index is 12.0. The number of hydrogen-bond acceptors (Lipinski definition) is 6. The Labute approximate surface area is 153 Å². The third-order valence-corrected chi connectivity index (χ3v) is 3.76. The zero-order valence-corrected chi connectivity index (χ0v) is 15.5. The Morgan fingerprint density at radius 3 is 2.42 bits per heavy atom. The molecule has 1 aromatic carbocycles. The van der Waals surface area contributed by atoms with Gasteiger partial charge in [-0.05, 0) is 38.8 Å². The molecule has 140 valence electrons.